The monoisotopic (exact) mass is 284 g/mol. The Morgan fingerprint density at radius 2 is 1.81 bits per heavy atom. The van der Waals surface area contributed by atoms with Crippen LogP contribution < -0.4 is 5.73 Å². The highest BCUT2D eigenvalue weighted by Gasteiger charge is 2.12. The summed E-state index contributed by atoms with van der Waals surface area (Å²) in [6.07, 6.45) is 2.83. The van der Waals surface area contributed by atoms with Gasteiger partial charge in [-0.3, -0.25) is 0 Å². The number of nitrogen functional groups attached to an aromatic ring is 1. The predicted octanol–water partition coefficient (Wildman–Crippen LogP) is 3.07. The Morgan fingerprint density at radius 3 is 2.57 bits per heavy atom. The Morgan fingerprint density at radius 1 is 0.952 bits per heavy atom. The first kappa shape index (κ1) is 13.1. The molecule has 0 aliphatic carbocycles. The Labute approximate surface area is 119 Å². The van der Waals surface area contributed by atoms with Crippen LogP contribution in [0.25, 0.3) is 22.4 Å². The first-order valence-corrected chi connectivity index (χ1v) is 6.14. The van der Waals surface area contributed by atoms with Crippen molar-refractivity contribution in [3.8, 4) is 22.4 Å². The smallest absolute Gasteiger partial charge is 0.220 e. The summed E-state index contributed by atoms with van der Waals surface area (Å²) in [5, 5.41) is 0. The van der Waals surface area contributed by atoms with Gasteiger partial charge in [-0.15, -0.1) is 0 Å². The van der Waals surface area contributed by atoms with E-state index in [0.717, 1.165) is 0 Å². The van der Waals surface area contributed by atoms with Crippen LogP contribution in [0, 0.1) is 11.8 Å². The van der Waals surface area contributed by atoms with Gasteiger partial charge in [-0.1, -0.05) is 12.1 Å². The minimum absolute atomic E-state index is 0.0625. The van der Waals surface area contributed by atoms with Crippen LogP contribution in [0.15, 0.2) is 48.8 Å². The molecule has 0 spiro atoms. The van der Waals surface area contributed by atoms with Gasteiger partial charge in [0.2, 0.25) is 11.9 Å². The fraction of sp³-hybridized carbons (Fsp3) is 0. The topological polar surface area (TPSA) is 64.7 Å². The molecule has 6 heteroatoms. The van der Waals surface area contributed by atoms with Crippen LogP contribution in [0.4, 0.5) is 14.7 Å². The predicted molar refractivity (Wildman–Crippen MR) is 75.0 cm³/mol. The second-order valence-corrected chi connectivity index (χ2v) is 4.37. The van der Waals surface area contributed by atoms with Crippen LogP contribution in [-0.4, -0.2) is 15.0 Å². The van der Waals surface area contributed by atoms with Crippen molar-refractivity contribution in [3.05, 3.63) is 60.6 Å². The Kier molecular flexibility index (Phi) is 3.27. The highest BCUT2D eigenvalue weighted by Crippen LogP contribution is 2.30. The zero-order valence-electron chi connectivity index (χ0n) is 10.8. The highest BCUT2D eigenvalue weighted by atomic mass is 19.1. The largest absolute Gasteiger partial charge is 0.368 e. The summed E-state index contributed by atoms with van der Waals surface area (Å²) in [6, 6.07) is 8.83. The number of nitrogens with two attached hydrogens (primary N) is 1. The molecule has 3 rings (SSSR count). The zero-order valence-corrected chi connectivity index (χ0v) is 10.8. The first-order chi connectivity index (χ1) is 10.1. The maximum atomic E-state index is 13.4. The van der Waals surface area contributed by atoms with E-state index in [1.807, 2.05) is 0 Å². The van der Waals surface area contributed by atoms with Crippen LogP contribution in [-0.2, 0) is 0 Å². The minimum atomic E-state index is -0.616. The Bertz CT molecular complexity index is 805. The number of pyridine rings is 1. The van der Waals surface area contributed by atoms with Crippen molar-refractivity contribution < 1.29 is 8.78 Å². The van der Waals surface area contributed by atoms with Crippen LogP contribution in [0.5, 0.6) is 0 Å². The van der Waals surface area contributed by atoms with Gasteiger partial charge in [-0.25, -0.2) is 19.3 Å². The second kappa shape index (κ2) is 5.24. The maximum absolute atomic E-state index is 13.4. The van der Waals surface area contributed by atoms with Crippen molar-refractivity contribution in [1.29, 1.82) is 0 Å². The molecule has 104 valence electrons. The lowest BCUT2D eigenvalue weighted by molar-refractivity contribution is 0.584. The number of nitrogens with zero attached hydrogens (tertiary/aromatic N) is 3. The summed E-state index contributed by atoms with van der Waals surface area (Å²) in [5.41, 5.74) is 7.68. The van der Waals surface area contributed by atoms with Gasteiger partial charge < -0.3 is 5.73 Å². The molecule has 21 heavy (non-hydrogen) atoms. The number of hydrogen-bond donors (Lipinski definition) is 1. The molecule has 2 N–H and O–H groups in total. The van der Waals surface area contributed by atoms with Gasteiger partial charge in [0.15, 0.2) is 0 Å². The molecule has 1 aromatic carbocycles. The number of halogens is 2. The van der Waals surface area contributed by atoms with E-state index >= 15 is 0 Å². The molecule has 0 amide bonds. The molecule has 0 saturated heterocycles. The molecule has 0 unspecified atom stereocenters. The molecule has 2 aromatic heterocycles. The molecule has 0 aliphatic rings. The highest BCUT2D eigenvalue weighted by molar-refractivity contribution is 5.80. The molecular weight excluding hydrogens is 274 g/mol. The van der Waals surface area contributed by atoms with E-state index < -0.39 is 11.8 Å². The normalized spacial score (nSPS) is 10.6. The van der Waals surface area contributed by atoms with E-state index in [4.69, 9.17) is 5.73 Å². The molecule has 0 radical (unpaired) electrons. The van der Waals surface area contributed by atoms with Crippen molar-refractivity contribution in [3.63, 3.8) is 0 Å². The van der Waals surface area contributed by atoms with Crippen molar-refractivity contribution >= 4 is 5.95 Å². The molecular formula is C15H10F2N4. The fourth-order valence-electron chi connectivity index (χ4n) is 2.03. The van der Waals surface area contributed by atoms with Crippen molar-refractivity contribution in [2.24, 2.45) is 0 Å². The average molecular weight is 284 g/mol. The van der Waals surface area contributed by atoms with Crippen LogP contribution >= 0.6 is 0 Å². The Balaban J connectivity index is 2.22. The summed E-state index contributed by atoms with van der Waals surface area (Å²) in [7, 11) is 0. The van der Waals surface area contributed by atoms with Gasteiger partial charge >= 0.3 is 0 Å². The summed E-state index contributed by atoms with van der Waals surface area (Å²) in [6.45, 7) is 0. The van der Waals surface area contributed by atoms with Gasteiger partial charge in [0.25, 0.3) is 0 Å². The third kappa shape index (κ3) is 2.69. The lowest BCUT2D eigenvalue weighted by atomic mass is 10.0. The standard InChI is InChI=1S/C15H10F2N4/c16-11-3-1-2-10(6-11)14-12(8-20-15(18)21-14)9-4-5-19-13(17)7-9/h1-8H,(H2,18,20,21). The van der Waals surface area contributed by atoms with Crippen LogP contribution in [0.3, 0.4) is 0 Å². The molecule has 2 heterocycles. The quantitative estimate of drug-likeness (QED) is 0.734. The number of anilines is 1. The number of hydrogen-bond acceptors (Lipinski definition) is 4. The SMILES string of the molecule is Nc1ncc(-c2ccnc(F)c2)c(-c2cccc(F)c2)n1. The van der Waals surface area contributed by atoms with Gasteiger partial charge in [0.1, 0.15) is 5.82 Å². The van der Waals surface area contributed by atoms with Crippen LogP contribution in [0.1, 0.15) is 0 Å². The van der Waals surface area contributed by atoms with Gasteiger partial charge in [0.05, 0.1) is 5.69 Å². The maximum Gasteiger partial charge on any atom is 0.220 e. The van der Waals surface area contributed by atoms with Gasteiger partial charge in [0, 0.05) is 29.6 Å². The summed E-state index contributed by atoms with van der Waals surface area (Å²) < 4.78 is 26.7. The number of aromatic nitrogens is 3. The van der Waals surface area contributed by atoms with Crippen molar-refractivity contribution in [2.75, 3.05) is 5.73 Å². The lowest BCUT2D eigenvalue weighted by Gasteiger charge is -2.09. The van der Waals surface area contributed by atoms with E-state index in [9.17, 15) is 8.78 Å². The molecule has 0 bridgehead atoms. The van der Waals surface area contributed by atoms with Crippen molar-refractivity contribution in [2.45, 2.75) is 0 Å². The van der Waals surface area contributed by atoms with E-state index in [0.29, 0.717) is 22.4 Å². The molecule has 3 aromatic rings. The molecule has 0 aliphatic heterocycles. The lowest BCUT2D eigenvalue weighted by Crippen LogP contribution is -1.99. The van der Waals surface area contributed by atoms with E-state index in [1.54, 1.807) is 18.2 Å². The molecule has 0 saturated carbocycles. The molecule has 4 nitrogen and oxygen atoms in total. The number of rotatable bonds is 2. The fourth-order valence-corrected chi connectivity index (χ4v) is 2.03. The van der Waals surface area contributed by atoms with E-state index in [1.165, 1.54) is 30.6 Å². The van der Waals surface area contributed by atoms with Gasteiger partial charge in [-0.05, 0) is 23.8 Å². The van der Waals surface area contributed by atoms with E-state index in [2.05, 4.69) is 15.0 Å². The zero-order chi connectivity index (χ0) is 14.8. The summed E-state index contributed by atoms with van der Waals surface area (Å²) in [4.78, 5) is 11.6. The van der Waals surface area contributed by atoms with Crippen molar-refractivity contribution in [1.82, 2.24) is 15.0 Å². The average Bonchev–Trinajstić information content (AvgIpc) is 2.47. The van der Waals surface area contributed by atoms with Crippen LogP contribution in [0.2, 0.25) is 0 Å². The second-order valence-electron chi connectivity index (χ2n) is 4.37. The first-order valence-electron chi connectivity index (χ1n) is 6.14. The molecule has 0 fully saturated rings. The van der Waals surface area contributed by atoms with Gasteiger partial charge in [-0.2, -0.15) is 4.39 Å². The molecule has 0 atom stereocenters. The summed E-state index contributed by atoms with van der Waals surface area (Å²) in [5.74, 6) is -0.946. The minimum Gasteiger partial charge on any atom is -0.368 e. The number of benzene rings is 1. The third-order valence-electron chi connectivity index (χ3n) is 2.94. The summed E-state index contributed by atoms with van der Waals surface area (Å²) >= 11 is 0. The Hall–Kier alpha value is -2.89. The third-order valence-corrected chi connectivity index (χ3v) is 2.94. The van der Waals surface area contributed by atoms with E-state index in [-0.39, 0.29) is 5.95 Å².